The second kappa shape index (κ2) is 6.42. The summed E-state index contributed by atoms with van der Waals surface area (Å²) in [6.07, 6.45) is 3.46. The monoisotopic (exact) mass is 315 g/mol. The van der Waals surface area contributed by atoms with Crippen molar-refractivity contribution in [2.45, 2.75) is 6.73 Å². The Balaban J connectivity index is 0.00000144. The minimum Gasteiger partial charge on any atom is -1.00 e. The van der Waals surface area contributed by atoms with Crippen molar-refractivity contribution in [3.05, 3.63) is 47.2 Å². The Labute approximate surface area is 114 Å². The van der Waals surface area contributed by atoms with Crippen molar-refractivity contribution >= 4 is 21.9 Å². The quantitative estimate of drug-likeness (QED) is 0.720. The third kappa shape index (κ3) is 3.57. The van der Waals surface area contributed by atoms with Gasteiger partial charge in [-0.05, 0) is 28.1 Å². The number of ether oxygens (including phenoxy) is 1. The number of rotatable bonds is 3. The molecule has 2 aromatic rings. The molecule has 6 heteroatoms. The minimum absolute atomic E-state index is 0. The molecule has 0 saturated heterocycles. The van der Waals surface area contributed by atoms with Crippen LogP contribution in [0.2, 0.25) is 0 Å². The molecule has 1 aromatic carbocycles. The molecule has 0 aliphatic rings. The van der Waals surface area contributed by atoms with Crippen LogP contribution in [0.3, 0.4) is 0 Å². The molecule has 0 saturated carbocycles. The fourth-order valence-corrected chi connectivity index (χ4v) is 1.62. The standard InChI is InChI=1S/C11H10BrN3O.ClH/c12-9-4-1-2-5-10(9)16-8-15-7-3-6-14-11(15)13;/h1-7,13H,8H2;1H. The van der Waals surface area contributed by atoms with Crippen molar-refractivity contribution in [2.75, 3.05) is 5.73 Å². The molecule has 1 heterocycles. The minimum atomic E-state index is 0. The van der Waals surface area contributed by atoms with Crippen molar-refractivity contribution in [3.8, 4) is 5.75 Å². The van der Waals surface area contributed by atoms with Gasteiger partial charge in [-0.1, -0.05) is 17.1 Å². The molecule has 2 rings (SSSR count). The van der Waals surface area contributed by atoms with Crippen molar-refractivity contribution in [3.63, 3.8) is 0 Å². The zero-order valence-corrected chi connectivity index (χ0v) is 11.2. The van der Waals surface area contributed by atoms with Crippen LogP contribution in [0.5, 0.6) is 5.75 Å². The van der Waals surface area contributed by atoms with Crippen LogP contribution in [0.25, 0.3) is 0 Å². The Kier molecular flexibility index (Phi) is 5.18. The highest BCUT2D eigenvalue weighted by Gasteiger charge is 2.05. The van der Waals surface area contributed by atoms with Crippen molar-refractivity contribution in [1.29, 1.82) is 0 Å². The van der Waals surface area contributed by atoms with Crippen LogP contribution in [0.1, 0.15) is 0 Å². The molecule has 0 radical (unpaired) electrons. The van der Waals surface area contributed by atoms with Gasteiger partial charge < -0.3 is 17.1 Å². The Hall–Kier alpha value is -1.33. The van der Waals surface area contributed by atoms with Gasteiger partial charge in [-0.15, -0.1) is 0 Å². The lowest BCUT2D eigenvalue weighted by atomic mass is 10.3. The first kappa shape index (κ1) is 13.7. The maximum atomic E-state index is 5.68. The second-order valence-corrected chi connectivity index (χ2v) is 4.01. The average molecular weight is 317 g/mol. The van der Waals surface area contributed by atoms with Gasteiger partial charge in [-0.3, -0.25) is 5.73 Å². The van der Waals surface area contributed by atoms with E-state index in [9.17, 15) is 0 Å². The molecular formula is C11H11BrClN3O. The maximum Gasteiger partial charge on any atom is 0.391 e. The average Bonchev–Trinajstić information content (AvgIpc) is 2.30. The number of benzene rings is 1. The van der Waals surface area contributed by atoms with Gasteiger partial charge >= 0.3 is 5.95 Å². The largest absolute Gasteiger partial charge is 1.00 e. The van der Waals surface area contributed by atoms with E-state index in [-0.39, 0.29) is 12.4 Å². The molecular weight excluding hydrogens is 305 g/mol. The van der Waals surface area contributed by atoms with Crippen LogP contribution in [-0.2, 0) is 6.73 Å². The van der Waals surface area contributed by atoms with Gasteiger partial charge in [-0.25, -0.2) is 4.57 Å². The van der Waals surface area contributed by atoms with Gasteiger partial charge in [0.15, 0.2) is 0 Å². The lowest BCUT2D eigenvalue weighted by Crippen LogP contribution is -3.00. The highest BCUT2D eigenvalue weighted by Crippen LogP contribution is 2.23. The van der Waals surface area contributed by atoms with E-state index in [1.807, 2.05) is 30.5 Å². The third-order valence-corrected chi connectivity index (χ3v) is 2.70. The molecule has 0 atom stereocenters. The number of anilines is 1. The first-order valence-electron chi connectivity index (χ1n) is 4.74. The third-order valence-electron chi connectivity index (χ3n) is 2.05. The maximum absolute atomic E-state index is 5.68. The van der Waals surface area contributed by atoms with Crippen LogP contribution in [0.4, 0.5) is 5.95 Å². The second-order valence-electron chi connectivity index (χ2n) is 3.15. The summed E-state index contributed by atoms with van der Waals surface area (Å²) < 4.78 is 8.24. The van der Waals surface area contributed by atoms with E-state index in [1.54, 1.807) is 16.8 Å². The number of halogens is 2. The van der Waals surface area contributed by atoms with Crippen molar-refractivity contribution < 1.29 is 21.7 Å². The van der Waals surface area contributed by atoms with Crippen LogP contribution in [0.15, 0.2) is 47.2 Å². The smallest absolute Gasteiger partial charge is 0.391 e. The van der Waals surface area contributed by atoms with Gasteiger partial charge in [0.05, 0.1) is 10.7 Å². The summed E-state index contributed by atoms with van der Waals surface area (Å²) >= 11 is 3.41. The fraction of sp³-hybridized carbons (Fsp3) is 0.0909. The number of nitrogens with two attached hydrogens (primary N) is 1. The summed E-state index contributed by atoms with van der Waals surface area (Å²) in [5.41, 5.74) is 5.68. The molecule has 17 heavy (non-hydrogen) atoms. The normalized spacial score (nSPS) is 9.47. The molecule has 2 N–H and O–H groups in total. The molecule has 90 valence electrons. The van der Waals surface area contributed by atoms with Gasteiger partial charge in [0.2, 0.25) is 6.73 Å². The Bertz CT molecular complexity index is 450. The first-order chi connectivity index (χ1) is 7.77. The van der Waals surface area contributed by atoms with Crippen LogP contribution >= 0.6 is 15.9 Å². The molecule has 4 nitrogen and oxygen atoms in total. The van der Waals surface area contributed by atoms with E-state index < -0.39 is 0 Å². The Morgan fingerprint density at radius 1 is 1.29 bits per heavy atom. The zero-order valence-electron chi connectivity index (χ0n) is 8.88. The van der Waals surface area contributed by atoms with Crippen molar-refractivity contribution in [2.24, 2.45) is 0 Å². The predicted octanol–water partition coefficient (Wildman–Crippen LogP) is -1.25. The van der Waals surface area contributed by atoms with E-state index >= 15 is 0 Å². The topological polar surface area (TPSA) is 52.0 Å². The number of para-hydroxylation sites is 1. The lowest BCUT2D eigenvalue weighted by molar-refractivity contribution is -0.713. The summed E-state index contributed by atoms with van der Waals surface area (Å²) in [5, 5.41) is 0. The van der Waals surface area contributed by atoms with Gasteiger partial charge in [-0.2, -0.15) is 0 Å². The SMILES string of the molecule is Nc1nccc[n+]1COc1ccccc1Br.[Cl-]. The molecule has 0 fully saturated rings. The van der Waals surface area contributed by atoms with E-state index in [0.717, 1.165) is 10.2 Å². The van der Waals surface area contributed by atoms with Gasteiger partial charge in [0.1, 0.15) is 11.9 Å². The van der Waals surface area contributed by atoms with Crippen LogP contribution in [-0.4, -0.2) is 4.98 Å². The summed E-state index contributed by atoms with van der Waals surface area (Å²) in [6.45, 7) is 0.336. The predicted molar refractivity (Wildman–Crippen MR) is 63.6 cm³/mol. The highest BCUT2D eigenvalue weighted by molar-refractivity contribution is 9.10. The van der Waals surface area contributed by atoms with Crippen LogP contribution in [0, 0.1) is 0 Å². The Morgan fingerprint density at radius 3 is 2.76 bits per heavy atom. The number of aromatic nitrogens is 2. The zero-order chi connectivity index (χ0) is 11.4. The lowest BCUT2D eigenvalue weighted by Gasteiger charge is -2.07. The summed E-state index contributed by atoms with van der Waals surface area (Å²) in [7, 11) is 0. The molecule has 1 aromatic heterocycles. The molecule has 0 aliphatic carbocycles. The Morgan fingerprint density at radius 2 is 2.06 bits per heavy atom. The van der Waals surface area contributed by atoms with Crippen molar-refractivity contribution in [1.82, 2.24) is 4.98 Å². The summed E-state index contributed by atoms with van der Waals surface area (Å²) in [4.78, 5) is 3.96. The molecule has 0 unspecified atom stereocenters. The number of nitrogen functional groups attached to an aromatic ring is 1. The van der Waals surface area contributed by atoms with Gasteiger partial charge in [0, 0.05) is 6.07 Å². The molecule has 0 spiro atoms. The number of nitrogens with zero attached hydrogens (tertiary/aromatic N) is 2. The number of hydrogen-bond acceptors (Lipinski definition) is 3. The van der Waals surface area contributed by atoms with Gasteiger partial charge in [0.25, 0.3) is 0 Å². The highest BCUT2D eigenvalue weighted by atomic mass is 79.9. The van der Waals surface area contributed by atoms with E-state index in [2.05, 4.69) is 20.9 Å². The fourth-order valence-electron chi connectivity index (χ4n) is 1.22. The molecule has 0 amide bonds. The van der Waals surface area contributed by atoms with E-state index in [1.165, 1.54) is 0 Å². The van der Waals surface area contributed by atoms with E-state index in [4.69, 9.17) is 10.5 Å². The summed E-state index contributed by atoms with van der Waals surface area (Å²) in [6, 6.07) is 9.46. The summed E-state index contributed by atoms with van der Waals surface area (Å²) in [5.74, 6) is 1.20. The molecule has 0 bridgehead atoms. The number of hydrogen-bond donors (Lipinski definition) is 1. The van der Waals surface area contributed by atoms with Crippen LogP contribution < -0.4 is 27.4 Å². The first-order valence-corrected chi connectivity index (χ1v) is 5.54. The van der Waals surface area contributed by atoms with E-state index in [0.29, 0.717) is 12.7 Å². The molecule has 0 aliphatic heterocycles.